The zero-order valence-electron chi connectivity index (χ0n) is 20.9. The number of nitrogens with zero attached hydrogens (tertiary/aromatic N) is 4. The third kappa shape index (κ3) is 10.5. The highest BCUT2D eigenvalue weighted by Gasteiger charge is 2.19. The lowest BCUT2D eigenvalue weighted by molar-refractivity contribution is -0.139. The molecule has 1 aliphatic rings. The molecule has 0 spiro atoms. The first-order valence-electron chi connectivity index (χ1n) is 12.1. The second kappa shape index (κ2) is 13.7. The van der Waals surface area contributed by atoms with Crippen LogP contribution in [0.4, 0.5) is 0 Å². The van der Waals surface area contributed by atoms with Crippen molar-refractivity contribution in [3.63, 3.8) is 0 Å². The number of benzene rings is 1. The summed E-state index contributed by atoms with van der Waals surface area (Å²) in [6.07, 6.45) is 0. The lowest BCUT2D eigenvalue weighted by Crippen LogP contribution is -2.47. The van der Waals surface area contributed by atoms with Gasteiger partial charge in [0.25, 0.3) is 0 Å². The second-order valence-electron chi connectivity index (χ2n) is 10.1. The van der Waals surface area contributed by atoms with E-state index in [-0.39, 0.29) is 25.1 Å². The van der Waals surface area contributed by atoms with Gasteiger partial charge in [-0.1, -0.05) is 45.0 Å². The average Bonchev–Trinajstić information content (AvgIpc) is 2.74. The number of carboxylic acids is 2. The summed E-state index contributed by atoms with van der Waals surface area (Å²) in [7, 11) is 0. The van der Waals surface area contributed by atoms with Gasteiger partial charge in [-0.15, -0.1) is 0 Å². The predicted octanol–water partition coefficient (Wildman–Crippen LogP) is 0.867. The van der Waals surface area contributed by atoms with Gasteiger partial charge >= 0.3 is 11.9 Å². The van der Waals surface area contributed by atoms with E-state index >= 15 is 0 Å². The molecule has 34 heavy (non-hydrogen) atoms. The van der Waals surface area contributed by atoms with Gasteiger partial charge in [0.1, 0.15) is 0 Å². The number of hydrogen-bond acceptors (Lipinski definition) is 7. The highest BCUT2D eigenvalue weighted by molar-refractivity contribution is 5.69. The van der Waals surface area contributed by atoms with E-state index in [0.717, 1.165) is 6.54 Å². The Morgan fingerprint density at radius 3 is 1.53 bits per heavy atom. The summed E-state index contributed by atoms with van der Waals surface area (Å²) in [5, 5.41) is 28.1. The maximum atomic E-state index is 11.4. The summed E-state index contributed by atoms with van der Waals surface area (Å²) >= 11 is 0. The van der Waals surface area contributed by atoms with Crippen LogP contribution >= 0.6 is 0 Å². The van der Waals surface area contributed by atoms with Crippen molar-refractivity contribution in [2.24, 2.45) is 0 Å². The zero-order chi connectivity index (χ0) is 25.1. The molecule has 0 saturated carbocycles. The van der Waals surface area contributed by atoms with E-state index in [1.54, 1.807) is 0 Å². The Hall–Kier alpha value is -2.04. The van der Waals surface area contributed by atoms with E-state index in [9.17, 15) is 24.9 Å². The summed E-state index contributed by atoms with van der Waals surface area (Å²) in [5.74, 6) is -1.70. The third-order valence-corrected chi connectivity index (χ3v) is 6.29. The standard InChI is InChI=1S/C25H42N4O5/c1-25(2,3)22-6-4-21(5-7-22)18-27-12-14-28(19-23(31)32)10-8-26(16-17-30)9-11-29(15-13-27)20-24(33)34/h4-7,30H,8-20H2,1-3H3,(H,31,32)(H,33,34). The van der Waals surface area contributed by atoms with E-state index in [0.29, 0.717) is 58.9 Å². The number of aliphatic hydroxyl groups is 1. The molecule has 1 heterocycles. The van der Waals surface area contributed by atoms with Crippen molar-refractivity contribution in [3.8, 4) is 0 Å². The first-order valence-corrected chi connectivity index (χ1v) is 12.1. The zero-order valence-corrected chi connectivity index (χ0v) is 20.9. The number of aliphatic hydroxyl groups excluding tert-OH is 1. The molecule has 2 rings (SSSR count). The number of carboxylic acid groups (broad SMARTS) is 2. The summed E-state index contributed by atoms with van der Waals surface area (Å²) < 4.78 is 0. The third-order valence-electron chi connectivity index (χ3n) is 6.29. The van der Waals surface area contributed by atoms with Crippen LogP contribution in [0, 0.1) is 0 Å². The van der Waals surface area contributed by atoms with E-state index in [1.165, 1.54) is 11.1 Å². The quantitative estimate of drug-likeness (QED) is 0.502. The van der Waals surface area contributed by atoms with Crippen LogP contribution in [0.2, 0.25) is 0 Å². The minimum atomic E-state index is -0.849. The van der Waals surface area contributed by atoms with Crippen LogP contribution in [0.1, 0.15) is 31.9 Å². The highest BCUT2D eigenvalue weighted by Crippen LogP contribution is 2.22. The largest absolute Gasteiger partial charge is 0.480 e. The minimum Gasteiger partial charge on any atom is -0.480 e. The van der Waals surface area contributed by atoms with Crippen molar-refractivity contribution in [1.29, 1.82) is 0 Å². The molecule has 9 nitrogen and oxygen atoms in total. The summed E-state index contributed by atoms with van der Waals surface area (Å²) in [5.41, 5.74) is 2.55. The van der Waals surface area contributed by atoms with Crippen LogP contribution in [0.25, 0.3) is 0 Å². The maximum absolute atomic E-state index is 11.4. The van der Waals surface area contributed by atoms with Gasteiger partial charge < -0.3 is 15.3 Å². The minimum absolute atomic E-state index is 0.0135. The van der Waals surface area contributed by atoms with Gasteiger partial charge in [0, 0.05) is 65.4 Å². The van der Waals surface area contributed by atoms with Crippen LogP contribution in [0.15, 0.2) is 24.3 Å². The lowest BCUT2D eigenvalue weighted by Gasteiger charge is -2.33. The molecule has 0 atom stereocenters. The van der Waals surface area contributed by atoms with Crippen molar-refractivity contribution in [1.82, 2.24) is 19.6 Å². The van der Waals surface area contributed by atoms with Crippen molar-refractivity contribution in [2.75, 3.05) is 78.6 Å². The van der Waals surface area contributed by atoms with Gasteiger partial charge in [-0.05, 0) is 16.5 Å². The molecule has 0 amide bonds. The number of carbonyl (C=O) groups is 2. The summed E-state index contributed by atoms with van der Waals surface area (Å²) in [4.78, 5) is 31.1. The molecule has 0 bridgehead atoms. The van der Waals surface area contributed by atoms with Gasteiger partial charge in [-0.3, -0.25) is 29.2 Å². The fourth-order valence-corrected chi connectivity index (χ4v) is 4.17. The molecule has 0 aliphatic carbocycles. The number of hydrogen-bond donors (Lipinski definition) is 3. The maximum Gasteiger partial charge on any atom is 0.317 e. The van der Waals surface area contributed by atoms with Gasteiger partial charge in [-0.2, -0.15) is 0 Å². The highest BCUT2D eigenvalue weighted by atomic mass is 16.4. The van der Waals surface area contributed by atoms with Gasteiger partial charge in [0.15, 0.2) is 0 Å². The molecule has 1 aromatic carbocycles. The summed E-state index contributed by atoms with van der Waals surface area (Å²) in [6.45, 7) is 12.8. The fraction of sp³-hybridized carbons (Fsp3) is 0.680. The molecule has 1 fully saturated rings. The Morgan fingerprint density at radius 1 is 0.735 bits per heavy atom. The van der Waals surface area contributed by atoms with Crippen molar-refractivity contribution in [3.05, 3.63) is 35.4 Å². The Morgan fingerprint density at radius 2 is 1.15 bits per heavy atom. The Kier molecular flexibility index (Phi) is 11.4. The monoisotopic (exact) mass is 478 g/mol. The van der Waals surface area contributed by atoms with Crippen molar-refractivity contribution < 1.29 is 24.9 Å². The number of aliphatic carboxylic acids is 2. The van der Waals surface area contributed by atoms with E-state index in [1.807, 2.05) is 9.80 Å². The molecule has 3 N–H and O–H groups in total. The van der Waals surface area contributed by atoms with Crippen LogP contribution in [0.3, 0.4) is 0 Å². The van der Waals surface area contributed by atoms with Crippen LogP contribution < -0.4 is 0 Å². The Bertz CT molecular complexity index is 734. The predicted molar refractivity (Wildman–Crippen MR) is 132 cm³/mol. The summed E-state index contributed by atoms with van der Waals surface area (Å²) in [6, 6.07) is 8.62. The van der Waals surface area contributed by atoms with E-state index in [2.05, 4.69) is 54.8 Å². The number of rotatable bonds is 8. The molecule has 1 saturated heterocycles. The molecule has 0 radical (unpaired) electrons. The van der Waals surface area contributed by atoms with Crippen LogP contribution in [-0.4, -0.2) is 125 Å². The molecular weight excluding hydrogens is 436 g/mol. The molecule has 1 aliphatic heterocycles. The van der Waals surface area contributed by atoms with Crippen LogP contribution in [0.5, 0.6) is 0 Å². The SMILES string of the molecule is CC(C)(C)c1ccc(CN2CCN(CC(=O)O)CCN(CCO)CCN(CC(=O)O)CC2)cc1. The molecular formula is C25H42N4O5. The smallest absolute Gasteiger partial charge is 0.317 e. The van der Waals surface area contributed by atoms with Crippen molar-refractivity contribution >= 4 is 11.9 Å². The second-order valence-corrected chi connectivity index (χ2v) is 10.1. The van der Waals surface area contributed by atoms with E-state index in [4.69, 9.17) is 0 Å². The first-order chi connectivity index (χ1) is 16.1. The Balaban J connectivity index is 2.15. The average molecular weight is 479 g/mol. The molecule has 1 aromatic rings. The van der Waals surface area contributed by atoms with Crippen LogP contribution in [-0.2, 0) is 21.5 Å². The van der Waals surface area contributed by atoms with Gasteiger partial charge in [-0.25, -0.2) is 0 Å². The fourth-order valence-electron chi connectivity index (χ4n) is 4.17. The molecule has 0 unspecified atom stereocenters. The Labute approximate surface area is 203 Å². The molecule has 0 aromatic heterocycles. The first kappa shape index (κ1) is 28.2. The topological polar surface area (TPSA) is 108 Å². The lowest BCUT2D eigenvalue weighted by atomic mass is 9.87. The number of β-amino-alcohol motifs (C(OH)–C–C–N with tert-alkyl or cyclic N) is 1. The van der Waals surface area contributed by atoms with E-state index < -0.39 is 11.9 Å². The van der Waals surface area contributed by atoms with Crippen molar-refractivity contribution in [2.45, 2.75) is 32.7 Å². The van der Waals surface area contributed by atoms with Gasteiger partial charge in [0.2, 0.25) is 0 Å². The normalized spacial score (nSPS) is 18.8. The van der Waals surface area contributed by atoms with Gasteiger partial charge in [0.05, 0.1) is 19.7 Å². The molecule has 192 valence electrons. The molecule has 9 heteroatoms.